The van der Waals surface area contributed by atoms with E-state index in [0.717, 1.165) is 10.8 Å². The minimum Gasteiger partial charge on any atom is -0.456 e. The van der Waals surface area contributed by atoms with Gasteiger partial charge in [-0.25, -0.2) is 4.39 Å². The van der Waals surface area contributed by atoms with Gasteiger partial charge in [0.2, 0.25) is 0 Å². The molecule has 0 aliphatic rings. The van der Waals surface area contributed by atoms with Crippen LogP contribution in [0.2, 0.25) is 0 Å². The van der Waals surface area contributed by atoms with Gasteiger partial charge < -0.3 is 9.84 Å². The van der Waals surface area contributed by atoms with Gasteiger partial charge in [0, 0.05) is 10.9 Å². The first kappa shape index (κ1) is 13.6. The molecule has 3 heteroatoms. The second-order valence-corrected chi connectivity index (χ2v) is 4.94. The number of ether oxygens (including phenoxy) is 1. The molecule has 3 rings (SSSR count). The van der Waals surface area contributed by atoms with Gasteiger partial charge in [0.15, 0.2) is 0 Å². The van der Waals surface area contributed by atoms with Crippen molar-refractivity contribution in [3.8, 4) is 11.5 Å². The predicted molar refractivity (Wildman–Crippen MR) is 81.1 cm³/mol. The smallest absolute Gasteiger partial charge is 0.135 e. The Morgan fingerprint density at radius 2 is 1.71 bits per heavy atom. The minimum absolute atomic E-state index is 0.392. The lowest BCUT2D eigenvalue weighted by atomic mass is 10.1. The number of benzene rings is 3. The molecular weight excluding hydrogens is 267 g/mol. The van der Waals surface area contributed by atoms with Gasteiger partial charge in [0.1, 0.15) is 17.3 Å². The Kier molecular flexibility index (Phi) is 3.59. The summed E-state index contributed by atoms with van der Waals surface area (Å²) in [5, 5.41) is 11.8. The first-order valence-corrected chi connectivity index (χ1v) is 6.78. The summed E-state index contributed by atoms with van der Waals surface area (Å²) in [6.07, 6.45) is -0.800. The van der Waals surface area contributed by atoms with Crippen molar-refractivity contribution in [2.75, 3.05) is 0 Å². The van der Waals surface area contributed by atoms with E-state index >= 15 is 0 Å². The van der Waals surface area contributed by atoms with E-state index in [0.29, 0.717) is 17.1 Å². The van der Waals surface area contributed by atoms with Crippen molar-refractivity contribution < 1.29 is 14.2 Å². The molecule has 0 radical (unpaired) electrons. The second-order valence-electron chi connectivity index (χ2n) is 4.94. The third-order valence-electron chi connectivity index (χ3n) is 3.39. The molecular formula is C18H15FO2. The van der Waals surface area contributed by atoms with Crippen molar-refractivity contribution in [2.45, 2.75) is 13.0 Å². The van der Waals surface area contributed by atoms with E-state index in [9.17, 15) is 9.50 Å². The molecule has 3 aromatic carbocycles. The Bertz CT molecular complexity index is 776. The van der Waals surface area contributed by atoms with Gasteiger partial charge in [-0.1, -0.05) is 36.4 Å². The van der Waals surface area contributed by atoms with Crippen molar-refractivity contribution in [3.05, 3.63) is 72.0 Å². The maximum atomic E-state index is 13.3. The van der Waals surface area contributed by atoms with Crippen molar-refractivity contribution in [3.63, 3.8) is 0 Å². The van der Waals surface area contributed by atoms with Gasteiger partial charge in [0.25, 0.3) is 0 Å². The molecule has 0 aliphatic heterocycles. The molecule has 0 fully saturated rings. The van der Waals surface area contributed by atoms with E-state index in [1.165, 1.54) is 12.1 Å². The fourth-order valence-corrected chi connectivity index (χ4v) is 2.34. The van der Waals surface area contributed by atoms with Crippen LogP contribution < -0.4 is 4.74 Å². The number of aliphatic hydroxyl groups is 1. The van der Waals surface area contributed by atoms with Crippen LogP contribution in [0.25, 0.3) is 10.8 Å². The quantitative estimate of drug-likeness (QED) is 0.746. The zero-order valence-electron chi connectivity index (χ0n) is 11.6. The van der Waals surface area contributed by atoms with E-state index in [1.807, 2.05) is 42.5 Å². The number of rotatable bonds is 3. The van der Waals surface area contributed by atoms with Gasteiger partial charge in [-0.3, -0.25) is 0 Å². The molecule has 0 amide bonds. The van der Waals surface area contributed by atoms with Crippen LogP contribution in [0.3, 0.4) is 0 Å². The summed E-state index contributed by atoms with van der Waals surface area (Å²) in [4.78, 5) is 0. The van der Waals surface area contributed by atoms with E-state index in [1.54, 1.807) is 13.0 Å². The third kappa shape index (κ3) is 2.73. The third-order valence-corrected chi connectivity index (χ3v) is 3.39. The normalized spacial score (nSPS) is 12.3. The average Bonchev–Trinajstić information content (AvgIpc) is 2.49. The summed E-state index contributed by atoms with van der Waals surface area (Å²) < 4.78 is 19.2. The van der Waals surface area contributed by atoms with Gasteiger partial charge in [-0.05, 0) is 36.6 Å². The average molecular weight is 282 g/mol. The predicted octanol–water partition coefficient (Wildman–Crippen LogP) is 4.82. The van der Waals surface area contributed by atoms with E-state index in [2.05, 4.69) is 0 Å². The van der Waals surface area contributed by atoms with Crippen LogP contribution in [-0.4, -0.2) is 5.11 Å². The Morgan fingerprint density at radius 3 is 2.52 bits per heavy atom. The van der Waals surface area contributed by atoms with E-state index < -0.39 is 11.9 Å². The van der Waals surface area contributed by atoms with Crippen LogP contribution in [0.5, 0.6) is 11.5 Å². The molecule has 0 aromatic heterocycles. The topological polar surface area (TPSA) is 29.5 Å². The van der Waals surface area contributed by atoms with Crippen LogP contribution in [0.15, 0.2) is 60.7 Å². The molecule has 2 nitrogen and oxygen atoms in total. The Balaban J connectivity index is 2.07. The van der Waals surface area contributed by atoms with Crippen LogP contribution in [0, 0.1) is 5.82 Å². The SMILES string of the molecule is C[C@H](O)c1cc(F)ccc1Oc1cccc2ccccc12. The summed E-state index contributed by atoms with van der Waals surface area (Å²) in [6.45, 7) is 1.59. The number of fused-ring (bicyclic) bond motifs is 1. The van der Waals surface area contributed by atoms with Gasteiger partial charge >= 0.3 is 0 Å². The lowest BCUT2D eigenvalue weighted by molar-refractivity contribution is 0.195. The molecule has 0 saturated heterocycles. The van der Waals surface area contributed by atoms with Crippen molar-refractivity contribution in [1.29, 1.82) is 0 Å². The summed E-state index contributed by atoms with van der Waals surface area (Å²) in [7, 11) is 0. The summed E-state index contributed by atoms with van der Waals surface area (Å²) in [5.74, 6) is 0.750. The molecule has 1 atom stereocenters. The van der Waals surface area contributed by atoms with Crippen molar-refractivity contribution >= 4 is 10.8 Å². The van der Waals surface area contributed by atoms with Crippen LogP contribution in [0.1, 0.15) is 18.6 Å². The molecule has 0 heterocycles. The highest BCUT2D eigenvalue weighted by Gasteiger charge is 2.12. The van der Waals surface area contributed by atoms with E-state index in [4.69, 9.17) is 4.74 Å². The Hall–Kier alpha value is -2.39. The fraction of sp³-hybridized carbons (Fsp3) is 0.111. The summed E-state index contributed by atoms with van der Waals surface area (Å²) in [5.41, 5.74) is 0.433. The zero-order chi connectivity index (χ0) is 14.8. The number of aliphatic hydroxyl groups excluding tert-OH is 1. The van der Waals surface area contributed by atoms with Crippen LogP contribution in [0.4, 0.5) is 4.39 Å². The van der Waals surface area contributed by atoms with Crippen LogP contribution in [-0.2, 0) is 0 Å². The molecule has 0 bridgehead atoms. The summed E-state index contributed by atoms with van der Waals surface area (Å²) >= 11 is 0. The fourth-order valence-electron chi connectivity index (χ4n) is 2.34. The highest BCUT2D eigenvalue weighted by atomic mass is 19.1. The highest BCUT2D eigenvalue weighted by Crippen LogP contribution is 2.34. The van der Waals surface area contributed by atoms with E-state index in [-0.39, 0.29) is 0 Å². The first-order valence-electron chi connectivity index (χ1n) is 6.78. The molecule has 0 spiro atoms. The minimum atomic E-state index is -0.800. The largest absolute Gasteiger partial charge is 0.456 e. The van der Waals surface area contributed by atoms with Gasteiger partial charge in [-0.2, -0.15) is 0 Å². The first-order chi connectivity index (χ1) is 10.1. The standard InChI is InChI=1S/C18H15FO2/c1-12(20)16-11-14(19)9-10-18(16)21-17-8-4-6-13-5-2-3-7-15(13)17/h2-12,20H,1H3/t12-/m0/s1. The highest BCUT2D eigenvalue weighted by molar-refractivity contribution is 5.88. The summed E-state index contributed by atoms with van der Waals surface area (Å²) in [6, 6.07) is 17.8. The number of halogens is 1. The van der Waals surface area contributed by atoms with Gasteiger partial charge in [-0.15, -0.1) is 0 Å². The molecule has 3 aromatic rings. The monoisotopic (exact) mass is 282 g/mol. The number of hydrogen-bond donors (Lipinski definition) is 1. The van der Waals surface area contributed by atoms with Crippen molar-refractivity contribution in [2.24, 2.45) is 0 Å². The molecule has 0 saturated carbocycles. The zero-order valence-corrected chi connectivity index (χ0v) is 11.6. The molecule has 0 aliphatic carbocycles. The molecule has 0 unspecified atom stereocenters. The van der Waals surface area contributed by atoms with Crippen molar-refractivity contribution in [1.82, 2.24) is 0 Å². The second kappa shape index (κ2) is 5.54. The lowest BCUT2D eigenvalue weighted by Gasteiger charge is -2.14. The maximum Gasteiger partial charge on any atom is 0.135 e. The molecule has 21 heavy (non-hydrogen) atoms. The Labute approximate surface area is 122 Å². The van der Waals surface area contributed by atoms with Gasteiger partial charge in [0.05, 0.1) is 6.10 Å². The maximum absolute atomic E-state index is 13.3. The molecule has 106 valence electrons. The number of hydrogen-bond acceptors (Lipinski definition) is 2. The lowest BCUT2D eigenvalue weighted by Crippen LogP contribution is -1.97. The van der Waals surface area contributed by atoms with Crippen LogP contribution >= 0.6 is 0 Å². The molecule has 1 N–H and O–H groups in total. The Morgan fingerprint density at radius 1 is 0.952 bits per heavy atom.